The molecule has 7 heteroatoms. The van der Waals surface area contributed by atoms with E-state index in [-0.39, 0.29) is 11.6 Å². The summed E-state index contributed by atoms with van der Waals surface area (Å²) in [6.07, 6.45) is 10.3. The maximum absolute atomic E-state index is 12.2. The average molecular weight is 348 g/mol. The van der Waals surface area contributed by atoms with Crippen LogP contribution in [0.3, 0.4) is 0 Å². The Labute approximate surface area is 149 Å². The first kappa shape index (κ1) is 17.2. The second-order valence-corrected chi connectivity index (χ2v) is 5.79. The average Bonchev–Trinajstić information content (AvgIpc) is 3.14. The number of nitro groups is 1. The number of fused-ring (bicyclic) bond motifs is 1. The molecule has 0 radical (unpaired) electrons. The second kappa shape index (κ2) is 6.69. The molecule has 130 valence electrons. The van der Waals surface area contributed by atoms with Crippen molar-refractivity contribution in [3.05, 3.63) is 58.2 Å². The van der Waals surface area contributed by atoms with Gasteiger partial charge in [0.25, 0.3) is 0 Å². The monoisotopic (exact) mass is 348 g/mol. The van der Waals surface area contributed by atoms with E-state index in [9.17, 15) is 14.9 Å². The number of hydrogen-bond acceptors (Lipinski definition) is 4. The molecule has 0 N–H and O–H groups in total. The number of nitrogens with zero attached hydrogens (tertiary/aromatic N) is 4. The van der Waals surface area contributed by atoms with Gasteiger partial charge in [-0.1, -0.05) is 24.1 Å². The van der Waals surface area contributed by atoms with Gasteiger partial charge in [-0.3, -0.25) is 9.36 Å². The van der Waals surface area contributed by atoms with Crippen LogP contribution in [-0.2, 0) is 11.3 Å². The SMILES string of the molecule is C#CCn1cc(/C=C(/C(C)=O)n2cc([N+](=O)[O-])nc2C)c2ccccc21. The van der Waals surface area contributed by atoms with Crippen LogP contribution in [0.25, 0.3) is 22.7 Å². The van der Waals surface area contributed by atoms with E-state index in [2.05, 4.69) is 10.9 Å². The van der Waals surface area contributed by atoms with Crippen LogP contribution >= 0.6 is 0 Å². The van der Waals surface area contributed by atoms with Crippen LogP contribution in [-0.4, -0.2) is 24.8 Å². The normalized spacial score (nSPS) is 11.5. The number of aryl methyl sites for hydroxylation is 1. The van der Waals surface area contributed by atoms with Crippen LogP contribution in [0.2, 0.25) is 0 Å². The summed E-state index contributed by atoms with van der Waals surface area (Å²) in [4.78, 5) is 26.5. The minimum Gasteiger partial charge on any atom is -0.358 e. The van der Waals surface area contributed by atoms with Gasteiger partial charge in [0.2, 0.25) is 5.82 Å². The number of para-hydroxylation sites is 1. The molecule has 0 aliphatic heterocycles. The van der Waals surface area contributed by atoms with Crippen molar-refractivity contribution in [2.45, 2.75) is 20.4 Å². The van der Waals surface area contributed by atoms with Crippen molar-refractivity contribution in [3.8, 4) is 12.3 Å². The quantitative estimate of drug-likeness (QED) is 0.307. The van der Waals surface area contributed by atoms with Crippen molar-refractivity contribution in [1.82, 2.24) is 14.1 Å². The Kier molecular flexibility index (Phi) is 4.42. The molecule has 0 amide bonds. The van der Waals surface area contributed by atoms with Crippen molar-refractivity contribution in [3.63, 3.8) is 0 Å². The Morgan fingerprint density at radius 3 is 2.73 bits per heavy atom. The highest BCUT2D eigenvalue weighted by atomic mass is 16.6. The smallest absolute Gasteiger partial charge is 0.358 e. The molecule has 7 nitrogen and oxygen atoms in total. The van der Waals surface area contributed by atoms with E-state index in [1.54, 1.807) is 13.0 Å². The van der Waals surface area contributed by atoms with Crippen molar-refractivity contribution in [2.75, 3.05) is 0 Å². The number of allylic oxidation sites excluding steroid dienone is 1. The molecule has 0 saturated carbocycles. The summed E-state index contributed by atoms with van der Waals surface area (Å²) in [5.41, 5.74) is 2.05. The predicted octanol–water partition coefficient (Wildman–Crippen LogP) is 3.27. The third-order valence-corrected chi connectivity index (χ3v) is 4.05. The van der Waals surface area contributed by atoms with Crippen LogP contribution in [0.4, 0.5) is 5.82 Å². The topological polar surface area (TPSA) is 83.0 Å². The zero-order valence-corrected chi connectivity index (χ0v) is 14.3. The molecule has 0 saturated heterocycles. The summed E-state index contributed by atoms with van der Waals surface area (Å²) in [7, 11) is 0. The molecular formula is C19H16N4O3. The lowest BCUT2D eigenvalue weighted by Crippen LogP contribution is -2.06. The van der Waals surface area contributed by atoms with E-state index >= 15 is 0 Å². The van der Waals surface area contributed by atoms with E-state index in [0.29, 0.717) is 18.1 Å². The Bertz CT molecular complexity index is 1100. The van der Waals surface area contributed by atoms with E-state index in [0.717, 1.165) is 16.5 Å². The fraction of sp³-hybridized carbons (Fsp3) is 0.158. The third kappa shape index (κ3) is 3.00. The predicted molar refractivity (Wildman–Crippen MR) is 99.2 cm³/mol. The van der Waals surface area contributed by atoms with E-state index in [1.807, 2.05) is 35.0 Å². The third-order valence-electron chi connectivity index (χ3n) is 4.05. The molecule has 26 heavy (non-hydrogen) atoms. The summed E-state index contributed by atoms with van der Waals surface area (Å²) in [6.45, 7) is 3.43. The first-order valence-corrected chi connectivity index (χ1v) is 7.87. The zero-order valence-electron chi connectivity index (χ0n) is 14.3. The van der Waals surface area contributed by atoms with Crippen molar-refractivity contribution >= 4 is 34.3 Å². The number of benzene rings is 1. The number of aromatic nitrogens is 3. The molecule has 0 atom stereocenters. The lowest BCUT2D eigenvalue weighted by Gasteiger charge is -2.04. The van der Waals surface area contributed by atoms with E-state index < -0.39 is 4.92 Å². The molecule has 0 unspecified atom stereocenters. The summed E-state index contributed by atoms with van der Waals surface area (Å²) in [6, 6.07) is 7.71. The summed E-state index contributed by atoms with van der Waals surface area (Å²) in [5.74, 6) is 2.44. The van der Waals surface area contributed by atoms with Crippen LogP contribution in [0.1, 0.15) is 18.3 Å². The van der Waals surface area contributed by atoms with Crippen molar-refractivity contribution in [2.24, 2.45) is 0 Å². The maximum Gasteiger partial charge on any atom is 0.382 e. The molecule has 3 rings (SSSR count). The molecular weight excluding hydrogens is 332 g/mol. The molecule has 1 aromatic carbocycles. The number of carbonyl (C=O) groups excluding carboxylic acids is 1. The number of hydrogen-bond donors (Lipinski definition) is 0. The Balaban J connectivity index is 2.20. The van der Waals surface area contributed by atoms with E-state index in [1.165, 1.54) is 17.7 Å². The van der Waals surface area contributed by atoms with Gasteiger partial charge in [0.1, 0.15) is 6.20 Å². The van der Waals surface area contributed by atoms with Crippen molar-refractivity contribution < 1.29 is 9.72 Å². The molecule has 2 heterocycles. The summed E-state index contributed by atoms with van der Waals surface area (Å²) in [5, 5.41) is 11.9. The lowest BCUT2D eigenvalue weighted by molar-refractivity contribution is -0.389. The molecule has 0 aliphatic carbocycles. The number of Topliss-reactive ketones (excluding diaryl/α,β-unsaturated/α-hetero) is 1. The fourth-order valence-electron chi connectivity index (χ4n) is 2.90. The number of ketones is 1. The van der Waals surface area contributed by atoms with Crippen LogP contribution in [0, 0.1) is 29.4 Å². The maximum atomic E-state index is 12.2. The van der Waals surface area contributed by atoms with Crippen LogP contribution in [0.5, 0.6) is 0 Å². The Hall–Kier alpha value is -3.66. The van der Waals surface area contributed by atoms with Gasteiger partial charge in [-0.15, -0.1) is 6.42 Å². The van der Waals surface area contributed by atoms with Gasteiger partial charge in [0, 0.05) is 36.5 Å². The first-order valence-electron chi connectivity index (χ1n) is 7.87. The second-order valence-electron chi connectivity index (χ2n) is 5.79. The largest absolute Gasteiger partial charge is 0.382 e. The summed E-state index contributed by atoms with van der Waals surface area (Å²) >= 11 is 0. The highest BCUT2D eigenvalue weighted by molar-refractivity contribution is 6.19. The molecule has 0 spiro atoms. The highest BCUT2D eigenvalue weighted by Gasteiger charge is 2.20. The van der Waals surface area contributed by atoms with Crippen LogP contribution in [0.15, 0.2) is 36.7 Å². The zero-order chi connectivity index (χ0) is 18.8. The molecule has 0 fully saturated rings. The molecule has 0 bridgehead atoms. The Morgan fingerprint density at radius 2 is 2.12 bits per heavy atom. The molecule has 0 aliphatic rings. The standard InChI is InChI=1S/C19H16N4O3/c1-4-9-21-11-15(16-7-5-6-8-17(16)21)10-18(13(2)24)22-12-19(23(25)26)20-14(22)3/h1,5-8,10-12H,9H2,2-3H3/b18-10-. The fourth-order valence-corrected chi connectivity index (χ4v) is 2.90. The first-order chi connectivity index (χ1) is 12.4. The number of rotatable bonds is 5. The van der Waals surface area contributed by atoms with Crippen LogP contribution < -0.4 is 0 Å². The van der Waals surface area contributed by atoms with Gasteiger partial charge < -0.3 is 14.7 Å². The molecule has 3 aromatic rings. The minimum atomic E-state index is -0.583. The molecule has 2 aromatic heterocycles. The number of carbonyl (C=O) groups is 1. The Morgan fingerprint density at radius 1 is 1.38 bits per heavy atom. The number of terminal acetylenes is 1. The van der Waals surface area contributed by atoms with Gasteiger partial charge in [-0.25, -0.2) is 0 Å². The van der Waals surface area contributed by atoms with Gasteiger partial charge in [-0.05, 0) is 22.0 Å². The summed E-state index contributed by atoms with van der Waals surface area (Å²) < 4.78 is 3.36. The lowest BCUT2D eigenvalue weighted by atomic mass is 10.1. The van der Waals surface area contributed by atoms with Crippen molar-refractivity contribution in [1.29, 1.82) is 0 Å². The minimum absolute atomic E-state index is 0.228. The number of imidazole rings is 1. The van der Waals surface area contributed by atoms with Gasteiger partial charge in [-0.2, -0.15) is 0 Å². The van der Waals surface area contributed by atoms with Gasteiger partial charge in [0.05, 0.1) is 12.2 Å². The van der Waals surface area contributed by atoms with Gasteiger partial charge >= 0.3 is 5.82 Å². The van der Waals surface area contributed by atoms with E-state index in [4.69, 9.17) is 6.42 Å². The highest BCUT2D eigenvalue weighted by Crippen LogP contribution is 2.26. The van der Waals surface area contributed by atoms with Gasteiger partial charge in [0.15, 0.2) is 5.78 Å².